The van der Waals surface area contributed by atoms with Crippen molar-refractivity contribution >= 4 is 23.2 Å². The fraction of sp³-hybridized carbons (Fsp3) is 0.440. The minimum Gasteiger partial charge on any atom is -0.368 e. The summed E-state index contributed by atoms with van der Waals surface area (Å²) in [7, 11) is 0. The van der Waals surface area contributed by atoms with Gasteiger partial charge in [-0.25, -0.2) is 0 Å². The number of nitrogens with zero attached hydrogens (tertiary/aromatic N) is 4. The molecule has 0 saturated carbocycles. The average molecular weight is 419 g/mol. The van der Waals surface area contributed by atoms with Gasteiger partial charge >= 0.3 is 0 Å². The van der Waals surface area contributed by atoms with Crippen molar-refractivity contribution in [2.24, 2.45) is 0 Å². The van der Waals surface area contributed by atoms with E-state index < -0.39 is 0 Å². The molecule has 3 heterocycles. The van der Waals surface area contributed by atoms with Crippen molar-refractivity contribution in [3.05, 3.63) is 59.7 Å². The van der Waals surface area contributed by atoms with E-state index in [2.05, 4.69) is 28.9 Å². The van der Waals surface area contributed by atoms with E-state index in [4.69, 9.17) is 0 Å². The van der Waals surface area contributed by atoms with Crippen LogP contribution in [0, 0.1) is 0 Å². The molecule has 162 valence electrons. The lowest BCUT2D eigenvalue weighted by Gasteiger charge is -2.47. The van der Waals surface area contributed by atoms with Crippen molar-refractivity contribution in [3.8, 4) is 0 Å². The summed E-state index contributed by atoms with van der Waals surface area (Å²) in [4.78, 5) is 34.9. The van der Waals surface area contributed by atoms with Gasteiger partial charge in [0.2, 0.25) is 0 Å². The number of hydrogen-bond acceptors (Lipinski definition) is 4. The molecular weight excluding hydrogens is 388 g/mol. The number of amides is 2. The molecule has 0 aliphatic carbocycles. The molecule has 0 radical (unpaired) electrons. The second-order valence-corrected chi connectivity index (χ2v) is 8.61. The highest BCUT2D eigenvalue weighted by atomic mass is 16.2. The van der Waals surface area contributed by atoms with Crippen LogP contribution in [0.1, 0.15) is 46.9 Å². The molecule has 2 aromatic rings. The first-order valence-corrected chi connectivity index (χ1v) is 11.5. The van der Waals surface area contributed by atoms with E-state index in [9.17, 15) is 9.59 Å². The van der Waals surface area contributed by atoms with Gasteiger partial charge in [-0.2, -0.15) is 0 Å². The Balaban J connectivity index is 1.35. The van der Waals surface area contributed by atoms with E-state index in [1.807, 2.05) is 46.2 Å². The first kappa shape index (κ1) is 19.9. The highest BCUT2D eigenvalue weighted by Gasteiger charge is 2.38. The van der Waals surface area contributed by atoms with E-state index in [0.29, 0.717) is 18.7 Å². The second kappa shape index (κ2) is 8.25. The summed E-state index contributed by atoms with van der Waals surface area (Å²) >= 11 is 0. The number of para-hydroxylation sites is 1. The summed E-state index contributed by atoms with van der Waals surface area (Å²) in [5, 5.41) is 0. The Morgan fingerprint density at radius 1 is 0.968 bits per heavy atom. The van der Waals surface area contributed by atoms with Crippen LogP contribution in [-0.4, -0.2) is 67.0 Å². The zero-order valence-corrected chi connectivity index (χ0v) is 18.2. The lowest BCUT2D eigenvalue weighted by atomic mass is 9.97. The van der Waals surface area contributed by atoms with Crippen LogP contribution in [0.5, 0.6) is 0 Å². The Hall–Kier alpha value is -3.02. The summed E-state index contributed by atoms with van der Waals surface area (Å²) < 4.78 is 0. The Bertz CT molecular complexity index is 969. The lowest BCUT2D eigenvalue weighted by Crippen LogP contribution is -2.57. The van der Waals surface area contributed by atoms with Gasteiger partial charge in [-0.15, -0.1) is 0 Å². The van der Waals surface area contributed by atoms with Gasteiger partial charge in [0.15, 0.2) is 0 Å². The molecule has 3 aliphatic heterocycles. The third kappa shape index (κ3) is 3.54. The van der Waals surface area contributed by atoms with Gasteiger partial charge in [0.1, 0.15) is 6.17 Å². The summed E-state index contributed by atoms with van der Waals surface area (Å²) in [5.74, 6) is 0.171. The second-order valence-electron chi connectivity index (χ2n) is 8.61. The topological polar surface area (TPSA) is 47.1 Å². The predicted molar refractivity (Wildman–Crippen MR) is 123 cm³/mol. The Kier molecular flexibility index (Phi) is 5.30. The molecule has 0 spiro atoms. The minimum atomic E-state index is 0.0603. The van der Waals surface area contributed by atoms with Crippen molar-refractivity contribution in [2.45, 2.75) is 32.4 Å². The summed E-state index contributed by atoms with van der Waals surface area (Å²) in [6.07, 6.45) is 3.34. The van der Waals surface area contributed by atoms with Crippen LogP contribution < -0.4 is 9.80 Å². The quantitative estimate of drug-likeness (QED) is 0.766. The Morgan fingerprint density at radius 3 is 2.48 bits per heavy atom. The average Bonchev–Trinajstić information content (AvgIpc) is 2.84. The molecule has 6 nitrogen and oxygen atoms in total. The molecule has 31 heavy (non-hydrogen) atoms. The number of carbonyl (C=O) groups is 2. The van der Waals surface area contributed by atoms with Crippen molar-refractivity contribution in [1.29, 1.82) is 0 Å². The highest BCUT2D eigenvalue weighted by molar-refractivity contribution is 6.04. The monoisotopic (exact) mass is 418 g/mol. The molecule has 0 aromatic heterocycles. The van der Waals surface area contributed by atoms with Crippen LogP contribution in [0.25, 0.3) is 0 Å². The zero-order chi connectivity index (χ0) is 21.4. The number of piperazine rings is 1. The first-order chi connectivity index (χ1) is 15.2. The number of rotatable bonds is 3. The van der Waals surface area contributed by atoms with E-state index >= 15 is 0 Å². The number of hydrogen-bond donors (Lipinski definition) is 0. The van der Waals surface area contributed by atoms with Crippen LogP contribution in [0.15, 0.2) is 48.5 Å². The molecule has 6 heteroatoms. The van der Waals surface area contributed by atoms with Crippen LogP contribution in [0.3, 0.4) is 0 Å². The summed E-state index contributed by atoms with van der Waals surface area (Å²) in [6, 6.07) is 16.0. The molecule has 2 saturated heterocycles. The van der Waals surface area contributed by atoms with Gasteiger partial charge in [0.05, 0.1) is 11.3 Å². The third-order valence-electron chi connectivity index (χ3n) is 6.91. The van der Waals surface area contributed by atoms with Gasteiger partial charge < -0.3 is 19.6 Å². The van der Waals surface area contributed by atoms with Crippen molar-refractivity contribution < 1.29 is 9.59 Å². The van der Waals surface area contributed by atoms with Gasteiger partial charge in [-0.1, -0.05) is 18.2 Å². The Morgan fingerprint density at radius 2 is 1.74 bits per heavy atom. The summed E-state index contributed by atoms with van der Waals surface area (Å²) in [6.45, 7) is 6.86. The normalized spacial score (nSPS) is 21.1. The molecule has 0 bridgehead atoms. The van der Waals surface area contributed by atoms with E-state index in [1.54, 1.807) is 0 Å². The summed E-state index contributed by atoms with van der Waals surface area (Å²) in [5.41, 5.74) is 3.54. The minimum absolute atomic E-state index is 0.0603. The standard InChI is InChI=1S/C25H30N4O2/c1-2-28-22-18-19(11-12-21(22)25(31)29-13-7-6-10-23(28)29)24(30)27-16-14-26(15-17-27)20-8-4-3-5-9-20/h3-5,8-9,11-12,18,23H,2,6-7,10,13-17H2,1H3/t23-/m0/s1. The maximum absolute atomic E-state index is 13.3. The molecule has 1 atom stereocenters. The number of carbonyl (C=O) groups excluding carboxylic acids is 2. The smallest absolute Gasteiger partial charge is 0.257 e. The molecule has 2 aromatic carbocycles. The molecule has 0 unspecified atom stereocenters. The molecule has 0 N–H and O–H groups in total. The fourth-order valence-electron chi connectivity index (χ4n) is 5.24. The largest absolute Gasteiger partial charge is 0.368 e. The number of benzene rings is 2. The molecule has 2 amide bonds. The van der Waals surface area contributed by atoms with E-state index in [-0.39, 0.29) is 18.0 Å². The van der Waals surface area contributed by atoms with Crippen LogP contribution in [0.4, 0.5) is 11.4 Å². The van der Waals surface area contributed by atoms with E-state index in [0.717, 1.165) is 56.7 Å². The first-order valence-electron chi connectivity index (χ1n) is 11.5. The van der Waals surface area contributed by atoms with Crippen LogP contribution >= 0.6 is 0 Å². The fourth-order valence-corrected chi connectivity index (χ4v) is 5.24. The highest BCUT2D eigenvalue weighted by Crippen LogP contribution is 2.36. The van der Waals surface area contributed by atoms with Crippen LogP contribution in [0.2, 0.25) is 0 Å². The molecule has 5 rings (SSSR count). The maximum Gasteiger partial charge on any atom is 0.257 e. The molecule has 2 fully saturated rings. The number of anilines is 2. The van der Waals surface area contributed by atoms with Gasteiger partial charge in [0.25, 0.3) is 11.8 Å². The SMILES string of the molecule is CCN1c2cc(C(=O)N3CCN(c4ccccc4)CC3)ccc2C(=O)N2CCCC[C@H]21. The van der Waals surface area contributed by atoms with Crippen molar-refractivity contribution in [3.63, 3.8) is 0 Å². The maximum atomic E-state index is 13.3. The van der Waals surface area contributed by atoms with Crippen molar-refractivity contribution in [2.75, 3.05) is 49.1 Å². The number of piperidine rings is 1. The molecular formula is C25H30N4O2. The lowest BCUT2D eigenvalue weighted by molar-refractivity contribution is 0.0581. The zero-order valence-electron chi connectivity index (χ0n) is 18.2. The van der Waals surface area contributed by atoms with Gasteiger partial charge in [-0.05, 0) is 56.5 Å². The van der Waals surface area contributed by atoms with Crippen LogP contribution in [-0.2, 0) is 0 Å². The van der Waals surface area contributed by atoms with Gasteiger partial charge in [-0.3, -0.25) is 9.59 Å². The third-order valence-corrected chi connectivity index (χ3v) is 6.91. The number of fused-ring (bicyclic) bond motifs is 2. The van der Waals surface area contributed by atoms with Gasteiger partial charge in [0, 0.05) is 50.5 Å². The predicted octanol–water partition coefficient (Wildman–Crippen LogP) is 3.44. The van der Waals surface area contributed by atoms with Crippen molar-refractivity contribution in [1.82, 2.24) is 9.80 Å². The molecule has 3 aliphatic rings. The van der Waals surface area contributed by atoms with E-state index in [1.165, 1.54) is 5.69 Å². The Labute approximate surface area is 184 Å².